The van der Waals surface area contributed by atoms with Gasteiger partial charge in [0.25, 0.3) is 0 Å². The van der Waals surface area contributed by atoms with Crippen LogP contribution in [0.2, 0.25) is 5.02 Å². The number of halogens is 1. The topological polar surface area (TPSA) is 130 Å². The molecule has 0 spiro atoms. The van der Waals surface area contributed by atoms with Gasteiger partial charge in [0.15, 0.2) is 0 Å². The zero-order valence-corrected chi connectivity index (χ0v) is 17.5. The number of carbonyl (C=O) groups is 1. The third-order valence-corrected chi connectivity index (χ3v) is 5.08. The summed E-state index contributed by atoms with van der Waals surface area (Å²) in [7, 11) is 0. The van der Waals surface area contributed by atoms with Gasteiger partial charge in [-0.25, -0.2) is 9.48 Å². The first kappa shape index (κ1) is 21.9. The molecule has 0 saturated carbocycles. The van der Waals surface area contributed by atoms with Gasteiger partial charge < -0.3 is 4.74 Å². The highest BCUT2D eigenvalue weighted by atomic mass is 35.5. The molecule has 0 aliphatic rings. The number of rotatable bonds is 6. The molecule has 3 aromatic rings. The zero-order chi connectivity index (χ0) is 22.9. The molecule has 0 N–H and O–H groups in total. The van der Waals surface area contributed by atoms with Crippen LogP contribution in [0, 0.1) is 34.1 Å². The molecule has 11 heteroatoms. The van der Waals surface area contributed by atoms with Crippen molar-refractivity contribution in [2.24, 2.45) is 0 Å². The van der Waals surface area contributed by atoms with Crippen molar-refractivity contribution in [3.8, 4) is 5.88 Å². The summed E-state index contributed by atoms with van der Waals surface area (Å²) in [6.45, 7) is 5.45. The Kier molecular flexibility index (Phi) is 6.02. The van der Waals surface area contributed by atoms with Crippen molar-refractivity contribution in [3.63, 3.8) is 0 Å². The van der Waals surface area contributed by atoms with E-state index in [0.29, 0.717) is 10.7 Å². The Labute approximate surface area is 181 Å². The number of hydrogen-bond acceptors (Lipinski definition) is 7. The molecule has 2 aromatic carbocycles. The fourth-order valence-corrected chi connectivity index (χ4v) is 3.15. The molecule has 10 nitrogen and oxygen atoms in total. The summed E-state index contributed by atoms with van der Waals surface area (Å²) < 4.78 is 6.91. The molecule has 0 radical (unpaired) electrons. The summed E-state index contributed by atoms with van der Waals surface area (Å²) in [5, 5.41) is 27.1. The van der Waals surface area contributed by atoms with Gasteiger partial charge in [-0.3, -0.25) is 20.2 Å². The summed E-state index contributed by atoms with van der Waals surface area (Å²) in [5.41, 5.74) is 0.623. The maximum Gasteiger partial charge on any atom is 0.346 e. The van der Waals surface area contributed by atoms with E-state index in [9.17, 15) is 25.0 Å². The van der Waals surface area contributed by atoms with Gasteiger partial charge in [0, 0.05) is 23.2 Å². The molecule has 31 heavy (non-hydrogen) atoms. The first-order valence-electron chi connectivity index (χ1n) is 9.05. The molecule has 160 valence electrons. The molecule has 0 aliphatic carbocycles. The smallest absolute Gasteiger partial charge is 0.346 e. The molecule has 0 aliphatic heterocycles. The van der Waals surface area contributed by atoms with Crippen molar-refractivity contribution in [1.29, 1.82) is 0 Å². The number of carbonyl (C=O) groups excluding carboxylic acids is 1. The zero-order valence-electron chi connectivity index (χ0n) is 16.7. The Morgan fingerprint density at radius 3 is 2.35 bits per heavy atom. The van der Waals surface area contributed by atoms with Gasteiger partial charge >= 0.3 is 17.3 Å². The van der Waals surface area contributed by atoms with Crippen molar-refractivity contribution >= 4 is 28.9 Å². The monoisotopic (exact) mass is 444 g/mol. The number of nitro benzene ring substituents is 2. The van der Waals surface area contributed by atoms with Gasteiger partial charge in [-0.2, -0.15) is 5.10 Å². The summed E-state index contributed by atoms with van der Waals surface area (Å²) in [6.07, 6.45) is 0. The Hall–Kier alpha value is -3.79. The quantitative estimate of drug-likeness (QED) is 0.303. The molecule has 1 heterocycles. The van der Waals surface area contributed by atoms with E-state index in [1.54, 1.807) is 19.1 Å². The van der Waals surface area contributed by atoms with E-state index in [-0.39, 0.29) is 17.5 Å². The van der Waals surface area contributed by atoms with Crippen LogP contribution >= 0.6 is 11.6 Å². The number of hydrogen-bond donors (Lipinski definition) is 0. The van der Waals surface area contributed by atoms with Crippen LogP contribution in [0.3, 0.4) is 0 Å². The Bertz CT molecular complexity index is 1210. The van der Waals surface area contributed by atoms with Crippen LogP contribution in [0.5, 0.6) is 5.88 Å². The summed E-state index contributed by atoms with van der Waals surface area (Å²) >= 11 is 6.21. The maximum absolute atomic E-state index is 12.6. The molecule has 1 atom stereocenters. The first-order chi connectivity index (χ1) is 14.6. The molecule has 0 fully saturated rings. The third-order valence-electron chi connectivity index (χ3n) is 4.67. The predicted molar refractivity (Wildman–Crippen MR) is 112 cm³/mol. The van der Waals surface area contributed by atoms with Crippen LogP contribution in [0.1, 0.15) is 40.1 Å². The Balaban J connectivity index is 1.92. The van der Waals surface area contributed by atoms with Crippen molar-refractivity contribution < 1.29 is 19.4 Å². The number of benzene rings is 2. The minimum absolute atomic E-state index is 0.118. The Morgan fingerprint density at radius 1 is 1.06 bits per heavy atom. The van der Waals surface area contributed by atoms with Crippen LogP contribution < -0.4 is 4.74 Å². The average molecular weight is 445 g/mol. The van der Waals surface area contributed by atoms with Gasteiger partial charge in [0.2, 0.25) is 5.88 Å². The summed E-state index contributed by atoms with van der Waals surface area (Å²) in [5.74, 6) is -0.791. The van der Waals surface area contributed by atoms with E-state index in [4.69, 9.17) is 16.3 Å². The molecular weight excluding hydrogens is 428 g/mol. The lowest BCUT2D eigenvalue weighted by Crippen LogP contribution is -2.16. The standard InChI is InChI=1S/C20H17ClN4O6/c1-11-4-5-14(9-16(11)21)13(3)23-19(8-12(2)22-23)31-20(26)15-6-7-17(24(27)28)18(10-15)25(29)30/h4-10,13H,1-3H3. The highest BCUT2D eigenvalue weighted by Crippen LogP contribution is 2.30. The second-order valence-corrected chi connectivity index (χ2v) is 7.27. The van der Waals surface area contributed by atoms with Crippen molar-refractivity contribution in [1.82, 2.24) is 9.78 Å². The van der Waals surface area contributed by atoms with Crippen LogP contribution in [0.4, 0.5) is 11.4 Å². The fourth-order valence-electron chi connectivity index (χ4n) is 2.96. The van der Waals surface area contributed by atoms with E-state index in [2.05, 4.69) is 5.10 Å². The number of esters is 1. The molecule has 3 rings (SSSR count). The Morgan fingerprint density at radius 2 is 1.74 bits per heavy atom. The summed E-state index contributed by atoms with van der Waals surface area (Å²) in [4.78, 5) is 32.9. The van der Waals surface area contributed by atoms with E-state index >= 15 is 0 Å². The van der Waals surface area contributed by atoms with Crippen molar-refractivity contribution in [3.05, 3.63) is 90.1 Å². The van der Waals surface area contributed by atoms with Gasteiger partial charge in [0.1, 0.15) is 0 Å². The number of nitrogens with zero attached hydrogens (tertiary/aromatic N) is 4. The number of aryl methyl sites for hydroxylation is 2. The van der Waals surface area contributed by atoms with Crippen LogP contribution in [-0.4, -0.2) is 25.6 Å². The highest BCUT2D eigenvalue weighted by Gasteiger charge is 2.27. The van der Waals surface area contributed by atoms with Crippen LogP contribution in [0.15, 0.2) is 42.5 Å². The van der Waals surface area contributed by atoms with E-state index in [0.717, 1.165) is 29.3 Å². The van der Waals surface area contributed by atoms with E-state index in [1.807, 2.05) is 26.0 Å². The van der Waals surface area contributed by atoms with Gasteiger partial charge in [-0.1, -0.05) is 23.7 Å². The second kappa shape index (κ2) is 8.52. The van der Waals surface area contributed by atoms with Crippen molar-refractivity contribution in [2.45, 2.75) is 26.8 Å². The highest BCUT2D eigenvalue weighted by molar-refractivity contribution is 6.31. The predicted octanol–water partition coefficient (Wildman–Crippen LogP) is 4.80. The molecule has 0 bridgehead atoms. The maximum atomic E-state index is 12.6. The normalized spacial score (nSPS) is 11.7. The number of nitro groups is 2. The van der Waals surface area contributed by atoms with Gasteiger partial charge in [0.05, 0.1) is 27.1 Å². The van der Waals surface area contributed by atoms with Crippen LogP contribution in [0.25, 0.3) is 0 Å². The third kappa shape index (κ3) is 4.53. The lowest BCUT2D eigenvalue weighted by molar-refractivity contribution is -0.422. The van der Waals surface area contributed by atoms with Gasteiger partial charge in [-0.05, 0) is 44.0 Å². The summed E-state index contributed by atoms with van der Waals surface area (Å²) in [6, 6.07) is 9.57. The lowest BCUT2D eigenvalue weighted by atomic mass is 10.1. The average Bonchev–Trinajstić information content (AvgIpc) is 3.08. The first-order valence-corrected chi connectivity index (χ1v) is 9.43. The molecule has 1 aromatic heterocycles. The SMILES string of the molecule is Cc1cc(OC(=O)c2ccc([N+](=O)[O-])c([N+](=O)[O-])c2)n(C(C)c2ccc(C)c(Cl)c2)n1. The number of ether oxygens (including phenoxy) is 1. The fraction of sp³-hybridized carbons (Fsp3) is 0.200. The molecule has 1 unspecified atom stereocenters. The molecule has 0 saturated heterocycles. The van der Waals surface area contributed by atoms with Gasteiger partial charge in [-0.15, -0.1) is 0 Å². The molecular formula is C20H17ClN4O6. The lowest BCUT2D eigenvalue weighted by Gasteiger charge is -2.16. The minimum atomic E-state index is -0.924. The van der Waals surface area contributed by atoms with Crippen LogP contribution in [-0.2, 0) is 0 Å². The van der Waals surface area contributed by atoms with Crippen molar-refractivity contribution in [2.75, 3.05) is 0 Å². The second-order valence-electron chi connectivity index (χ2n) is 6.86. The molecule has 0 amide bonds. The largest absolute Gasteiger partial charge is 0.404 e. The number of aromatic nitrogens is 2. The van der Waals surface area contributed by atoms with E-state index in [1.165, 1.54) is 4.68 Å². The minimum Gasteiger partial charge on any atom is -0.404 e. The van der Waals surface area contributed by atoms with E-state index < -0.39 is 27.2 Å².